The summed E-state index contributed by atoms with van der Waals surface area (Å²) in [6.07, 6.45) is 3.48. The summed E-state index contributed by atoms with van der Waals surface area (Å²) in [6, 6.07) is 11.6. The Balaban J connectivity index is 1.69. The number of hydrogen-bond donors (Lipinski definition) is 2. The number of halogens is 1. The summed E-state index contributed by atoms with van der Waals surface area (Å²) in [7, 11) is 3.36. The Morgan fingerprint density at radius 2 is 2.03 bits per heavy atom. The van der Waals surface area contributed by atoms with Crippen LogP contribution in [0.5, 0.6) is 11.5 Å². The van der Waals surface area contributed by atoms with Crippen LogP contribution in [-0.4, -0.2) is 35.0 Å². The minimum Gasteiger partial charge on any atom is -0.486 e. The van der Waals surface area contributed by atoms with Crippen molar-refractivity contribution in [3.05, 3.63) is 76.3 Å². The van der Waals surface area contributed by atoms with E-state index in [2.05, 4.69) is 15.6 Å². The van der Waals surface area contributed by atoms with Gasteiger partial charge in [-0.3, -0.25) is 9.59 Å². The van der Waals surface area contributed by atoms with E-state index in [1.165, 1.54) is 19.2 Å². The fraction of sp³-hybridized carbons (Fsp3) is 0.217. The molecule has 3 aromatic rings. The molecule has 2 N–H and O–H groups in total. The van der Waals surface area contributed by atoms with Crippen molar-refractivity contribution in [1.29, 1.82) is 5.26 Å². The average molecular weight is 468 g/mol. The predicted molar refractivity (Wildman–Crippen MR) is 121 cm³/mol. The molecule has 10 heteroatoms. The topological polar surface area (TPSA) is 118 Å². The Hall–Kier alpha value is -4.03. The van der Waals surface area contributed by atoms with Gasteiger partial charge < -0.3 is 24.7 Å². The molecule has 1 aromatic heterocycles. The lowest BCUT2D eigenvalue weighted by molar-refractivity contribution is -0.122. The molecule has 0 saturated carbocycles. The Labute approximate surface area is 195 Å². The maximum absolute atomic E-state index is 12.8. The molecule has 170 valence electrons. The van der Waals surface area contributed by atoms with E-state index in [9.17, 15) is 9.59 Å². The van der Waals surface area contributed by atoms with Crippen LogP contribution < -0.4 is 20.1 Å². The average Bonchev–Trinajstić information content (AvgIpc) is 3.23. The molecule has 0 saturated heterocycles. The first-order valence-electron chi connectivity index (χ1n) is 9.93. The van der Waals surface area contributed by atoms with Gasteiger partial charge in [0.05, 0.1) is 11.6 Å². The van der Waals surface area contributed by atoms with Crippen molar-refractivity contribution < 1.29 is 19.1 Å². The van der Waals surface area contributed by atoms with Gasteiger partial charge in [-0.15, -0.1) is 0 Å². The zero-order chi connectivity index (χ0) is 23.8. The Bertz CT molecular complexity index is 1200. The molecule has 2 aromatic carbocycles. The summed E-state index contributed by atoms with van der Waals surface area (Å²) in [6.45, 7) is 0.128. The molecular formula is C23H22ClN5O4. The second kappa shape index (κ2) is 11.0. The van der Waals surface area contributed by atoms with Crippen molar-refractivity contribution in [2.75, 3.05) is 13.7 Å². The van der Waals surface area contributed by atoms with Gasteiger partial charge >= 0.3 is 0 Å². The molecule has 0 atom stereocenters. The lowest BCUT2D eigenvalue weighted by Crippen LogP contribution is -2.26. The molecule has 2 amide bonds. The molecule has 0 spiro atoms. The molecule has 33 heavy (non-hydrogen) atoms. The fourth-order valence-electron chi connectivity index (χ4n) is 2.86. The van der Waals surface area contributed by atoms with Crippen LogP contribution in [-0.2, 0) is 25.0 Å². The van der Waals surface area contributed by atoms with Crippen LogP contribution in [0.1, 0.15) is 27.3 Å². The summed E-state index contributed by atoms with van der Waals surface area (Å²) in [4.78, 5) is 28.5. The highest BCUT2D eigenvalue weighted by Crippen LogP contribution is 2.23. The number of amides is 2. The van der Waals surface area contributed by atoms with Gasteiger partial charge in [-0.25, -0.2) is 4.98 Å². The summed E-state index contributed by atoms with van der Waals surface area (Å²) >= 11 is 6.18. The standard InChI is InChI=1S/C23H22ClN5O4/c1-26-22(30)14-33-20-7-15(11-25)3-4-16(20)12-28-23(31)17-8-18(24)10-19(9-17)32-13-21-27-5-6-29(21)2/h3-10H,12-14H2,1-2H3,(H,26,30)(H,28,31). The number of nitriles is 1. The van der Waals surface area contributed by atoms with E-state index in [1.54, 1.807) is 30.5 Å². The number of rotatable bonds is 9. The first kappa shape index (κ1) is 23.6. The number of aromatic nitrogens is 2. The Morgan fingerprint density at radius 1 is 1.21 bits per heavy atom. The fourth-order valence-corrected chi connectivity index (χ4v) is 3.08. The number of hydrogen-bond acceptors (Lipinski definition) is 6. The van der Waals surface area contributed by atoms with Gasteiger partial charge in [0, 0.05) is 49.2 Å². The minimum atomic E-state index is -0.374. The number of likely N-dealkylation sites (N-methyl/N-ethyl adjacent to an activating group) is 1. The highest BCUT2D eigenvalue weighted by Gasteiger charge is 2.13. The van der Waals surface area contributed by atoms with Crippen molar-refractivity contribution in [2.24, 2.45) is 7.05 Å². The Kier molecular flexibility index (Phi) is 7.89. The van der Waals surface area contributed by atoms with Crippen LogP contribution in [0.4, 0.5) is 0 Å². The zero-order valence-corrected chi connectivity index (χ0v) is 18.8. The molecule has 0 aliphatic rings. The summed E-state index contributed by atoms with van der Waals surface area (Å²) in [5, 5.41) is 14.7. The van der Waals surface area contributed by atoms with Crippen molar-refractivity contribution in [3.8, 4) is 17.6 Å². The number of benzene rings is 2. The largest absolute Gasteiger partial charge is 0.486 e. The van der Waals surface area contributed by atoms with Gasteiger partial charge in [-0.05, 0) is 30.3 Å². The van der Waals surface area contributed by atoms with Crippen molar-refractivity contribution in [3.63, 3.8) is 0 Å². The van der Waals surface area contributed by atoms with Crippen LogP contribution in [0.2, 0.25) is 5.02 Å². The highest BCUT2D eigenvalue weighted by molar-refractivity contribution is 6.31. The summed E-state index contributed by atoms with van der Waals surface area (Å²) in [5.41, 5.74) is 1.31. The number of nitrogens with zero attached hydrogens (tertiary/aromatic N) is 3. The number of carbonyl (C=O) groups is 2. The van der Waals surface area contributed by atoms with Gasteiger partial charge in [-0.1, -0.05) is 17.7 Å². The maximum Gasteiger partial charge on any atom is 0.257 e. The molecule has 0 fully saturated rings. The first-order chi connectivity index (χ1) is 15.9. The zero-order valence-electron chi connectivity index (χ0n) is 18.1. The van der Waals surface area contributed by atoms with Crippen LogP contribution in [0.25, 0.3) is 0 Å². The Morgan fingerprint density at radius 3 is 2.73 bits per heavy atom. The van der Waals surface area contributed by atoms with Crippen LogP contribution in [0.3, 0.4) is 0 Å². The van der Waals surface area contributed by atoms with E-state index < -0.39 is 0 Å². The second-order valence-electron chi connectivity index (χ2n) is 7.00. The smallest absolute Gasteiger partial charge is 0.257 e. The molecule has 9 nitrogen and oxygen atoms in total. The number of nitrogens with one attached hydrogen (secondary N) is 2. The molecule has 0 radical (unpaired) electrons. The van der Waals surface area contributed by atoms with Crippen LogP contribution >= 0.6 is 11.6 Å². The summed E-state index contributed by atoms with van der Waals surface area (Å²) in [5.74, 6) is 0.808. The van der Waals surface area contributed by atoms with Crippen molar-refractivity contribution in [2.45, 2.75) is 13.2 Å². The molecule has 0 bridgehead atoms. The SMILES string of the molecule is CNC(=O)COc1cc(C#N)ccc1CNC(=O)c1cc(Cl)cc(OCc2nccn2C)c1. The molecule has 3 rings (SSSR count). The number of aryl methyl sites for hydroxylation is 1. The van der Waals surface area contributed by atoms with Gasteiger partial charge in [0.1, 0.15) is 23.9 Å². The third-order valence-electron chi connectivity index (χ3n) is 4.70. The van der Waals surface area contributed by atoms with E-state index in [0.717, 1.165) is 5.82 Å². The second-order valence-corrected chi connectivity index (χ2v) is 7.43. The highest BCUT2D eigenvalue weighted by atomic mass is 35.5. The van der Waals surface area contributed by atoms with Crippen LogP contribution in [0, 0.1) is 11.3 Å². The maximum atomic E-state index is 12.8. The van der Waals surface area contributed by atoms with E-state index >= 15 is 0 Å². The van der Waals surface area contributed by atoms with E-state index in [0.29, 0.717) is 33.2 Å². The minimum absolute atomic E-state index is 0.115. The molecule has 0 aliphatic heterocycles. The molecule has 1 heterocycles. The monoisotopic (exact) mass is 467 g/mol. The molecular weight excluding hydrogens is 446 g/mol. The van der Waals surface area contributed by atoms with Gasteiger partial charge in [0.2, 0.25) is 0 Å². The van der Waals surface area contributed by atoms with Crippen molar-refractivity contribution >= 4 is 23.4 Å². The van der Waals surface area contributed by atoms with Gasteiger partial charge in [0.25, 0.3) is 11.8 Å². The van der Waals surface area contributed by atoms with Crippen LogP contribution in [0.15, 0.2) is 48.8 Å². The number of ether oxygens (including phenoxy) is 2. The third kappa shape index (κ3) is 6.48. The van der Waals surface area contributed by atoms with E-state index in [4.69, 9.17) is 26.3 Å². The summed E-state index contributed by atoms with van der Waals surface area (Å²) < 4.78 is 13.1. The predicted octanol–water partition coefficient (Wildman–Crippen LogP) is 2.58. The third-order valence-corrected chi connectivity index (χ3v) is 4.91. The lowest BCUT2D eigenvalue weighted by atomic mass is 10.1. The van der Waals surface area contributed by atoms with Crippen molar-refractivity contribution in [1.82, 2.24) is 20.2 Å². The number of imidazole rings is 1. The molecule has 0 unspecified atom stereocenters. The first-order valence-corrected chi connectivity index (χ1v) is 10.3. The van der Waals surface area contributed by atoms with Gasteiger partial charge in [-0.2, -0.15) is 5.26 Å². The van der Waals surface area contributed by atoms with E-state index in [-0.39, 0.29) is 31.6 Å². The quantitative estimate of drug-likeness (QED) is 0.499. The molecule has 0 aliphatic carbocycles. The normalized spacial score (nSPS) is 10.2. The number of carbonyl (C=O) groups excluding carboxylic acids is 2. The lowest BCUT2D eigenvalue weighted by Gasteiger charge is -2.13. The van der Waals surface area contributed by atoms with Gasteiger partial charge in [0.15, 0.2) is 6.61 Å². The van der Waals surface area contributed by atoms with E-state index in [1.807, 2.05) is 23.9 Å².